The minimum Gasteiger partial charge on any atom is -0.302 e. The van der Waals surface area contributed by atoms with E-state index in [0.717, 1.165) is 18.8 Å². The number of aromatic nitrogens is 2. The van der Waals surface area contributed by atoms with Crippen LogP contribution in [0.5, 0.6) is 0 Å². The molecule has 2 aliphatic heterocycles. The maximum atomic E-state index is 4.61. The molecule has 86 valence electrons. The first-order valence-corrected chi connectivity index (χ1v) is 6.40. The molecule has 2 fully saturated rings. The van der Waals surface area contributed by atoms with Crippen molar-refractivity contribution in [3.63, 3.8) is 0 Å². The van der Waals surface area contributed by atoms with Crippen molar-refractivity contribution in [2.45, 2.75) is 32.1 Å². The highest BCUT2D eigenvalue weighted by Gasteiger charge is 2.40. The van der Waals surface area contributed by atoms with Crippen LogP contribution in [0.4, 0.5) is 0 Å². The molecular formula is C13H19N3. The Balaban J connectivity index is 1.88. The van der Waals surface area contributed by atoms with E-state index in [1.54, 1.807) is 0 Å². The Morgan fingerprint density at radius 1 is 1.31 bits per heavy atom. The van der Waals surface area contributed by atoms with Gasteiger partial charge in [-0.15, -0.1) is 0 Å². The fourth-order valence-electron chi connectivity index (χ4n) is 3.21. The van der Waals surface area contributed by atoms with E-state index in [2.05, 4.69) is 21.8 Å². The summed E-state index contributed by atoms with van der Waals surface area (Å²) >= 11 is 0. The standard InChI is InChI=1S/C13H19N3/c1-2-3-12-13(15-6-5-14-12)11-9-16-7-4-10(11)8-16/h5-6,10-11H,2-4,7-9H2,1H3/t10-,11-/m1/s1. The number of hydrogen-bond donors (Lipinski definition) is 0. The van der Waals surface area contributed by atoms with E-state index >= 15 is 0 Å². The van der Waals surface area contributed by atoms with Gasteiger partial charge in [0.15, 0.2) is 0 Å². The molecule has 0 amide bonds. The van der Waals surface area contributed by atoms with Crippen LogP contribution in [0.15, 0.2) is 12.4 Å². The van der Waals surface area contributed by atoms with Crippen LogP contribution in [0.25, 0.3) is 0 Å². The second kappa shape index (κ2) is 4.13. The van der Waals surface area contributed by atoms with Gasteiger partial charge in [0, 0.05) is 31.4 Å². The Labute approximate surface area is 96.9 Å². The summed E-state index contributed by atoms with van der Waals surface area (Å²) in [6, 6.07) is 0. The molecule has 16 heavy (non-hydrogen) atoms. The third-order valence-corrected chi connectivity index (χ3v) is 3.98. The predicted molar refractivity (Wildman–Crippen MR) is 63.3 cm³/mol. The van der Waals surface area contributed by atoms with Crippen LogP contribution in [0, 0.1) is 5.92 Å². The topological polar surface area (TPSA) is 29.0 Å². The smallest absolute Gasteiger partial charge is 0.0665 e. The number of fused-ring (bicyclic) bond motifs is 2. The highest BCUT2D eigenvalue weighted by atomic mass is 15.2. The van der Waals surface area contributed by atoms with Gasteiger partial charge in [-0.1, -0.05) is 13.3 Å². The SMILES string of the molecule is CCCc1nccnc1[C@@H]1CN2CC[C@@H]1C2. The third kappa shape index (κ3) is 1.63. The van der Waals surface area contributed by atoms with E-state index in [1.807, 2.05) is 12.4 Å². The molecule has 2 bridgehead atoms. The normalized spacial score (nSPS) is 32.2. The molecule has 3 atom stereocenters. The van der Waals surface area contributed by atoms with Gasteiger partial charge in [-0.2, -0.15) is 0 Å². The molecule has 3 rings (SSSR count). The molecule has 0 saturated carbocycles. The zero-order valence-electron chi connectivity index (χ0n) is 9.89. The van der Waals surface area contributed by atoms with E-state index in [9.17, 15) is 0 Å². The van der Waals surface area contributed by atoms with Crippen LogP contribution in [0.2, 0.25) is 0 Å². The molecule has 0 spiro atoms. The van der Waals surface area contributed by atoms with E-state index in [-0.39, 0.29) is 0 Å². The fraction of sp³-hybridized carbons (Fsp3) is 0.692. The number of hydrogen-bond acceptors (Lipinski definition) is 3. The van der Waals surface area contributed by atoms with Crippen LogP contribution in [-0.4, -0.2) is 34.5 Å². The summed E-state index contributed by atoms with van der Waals surface area (Å²) in [6.45, 7) is 6.00. The maximum absolute atomic E-state index is 4.61. The third-order valence-electron chi connectivity index (χ3n) is 3.98. The van der Waals surface area contributed by atoms with Crippen LogP contribution in [0.1, 0.15) is 37.1 Å². The molecule has 2 aliphatic rings. The quantitative estimate of drug-likeness (QED) is 0.773. The summed E-state index contributed by atoms with van der Waals surface area (Å²) in [5.41, 5.74) is 2.53. The number of nitrogens with zero attached hydrogens (tertiary/aromatic N) is 3. The monoisotopic (exact) mass is 217 g/mol. The minimum absolute atomic E-state index is 0.656. The zero-order chi connectivity index (χ0) is 11.0. The van der Waals surface area contributed by atoms with Crippen molar-refractivity contribution in [1.29, 1.82) is 0 Å². The number of aryl methyl sites for hydroxylation is 1. The van der Waals surface area contributed by atoms with Crippen molar-refractivity contribution < 1.29 is 0 Å². The van der Waals surface area contributed by atoms with Gasteiger partial charge < -0.3 is 4.90 Å². The van der Waals surface area contributed by atoms with Gasteiger partial charge >= 0.3 is 0 Å². The lowest BCUT2D eigenvalue weighted by Crippen LogP contribution is -2.23. The lowest BCUT2D eigenvalue weighted by Gasteiger charge is -2.22. The predicted octanol–water partition coefficient (Wildman–Crippen LogP) is 1.85. The Kier molecular flexibility index (Phi) is 2.64. The van der Waals surface area contributed by atoms with Crippen molar-refractivity contribution in [3.8, 4) is 0 Å². The first kappa shape index (κ1) is 10.2. The molecule has 1 aromatic heterocycles. The first-order valence-electron chi connectivity index (χ1n) is 6.40. The lowest BCUT2D eigenvalue weighted by molar-refractivity contribution is 0.342. The van der Waals surface area contributed by atoms with Gasteiger partial charge in [0.05, 0.1) is 11.4 Å². The highest BCUT2D eigenvalue weighted by molar-refractivity contribution is 5.20. The number of rotatable bonds is 3. The molecule has 2 saturated heterocycles. The van der Waals surface area contributed by atoms with Crippen LogP contribution in [0.3, 0.4) is 0 Å². The fourth-order valence-corrected chi connectivity index (χ4v) is 3.21. The van der Waals surface area contributed by atoms with Crippen molar-refractivity contribution >= 4 is 0 Å². The van der Waals surface area contributed by atoms with Crippen LogP contribution < -0.4 is 0 Å². The Bertz CT molecular complexity index is 377. The molecule has 0 radical (unpaired) electrons. The Morgan fingerprint density at radius 3 is 2.88 bits per heavy atom. The summed E-state index contributed by atoms with van der Waals surface area (Å²) in [6.07, 6.45) is 7.28. The second-order valence-electron chi connectivity index (χ2n) is 5.05. The van der Waals surface area contributed by atoms with Gasteiger partial charge in [0.25, 0.3) is 0 Å². The molecule has 0 aromatic carbocycles. The molecule has 0 aliphatic carbocycles. The molecule has 0 N–H and O–H groups in total. The van der Waals surface area contributed by atoms with Gasteiger partial charge in [0.1, 0.15) is 0 Å². The van der Waals surface area contributed by atoms with Gasteiger partial charge in [-0.05, 0) is 25.3 Å². The van der Waals surface area contributed by atoms with Crippen LogP contribution >= 0.6 is 0 Å². The molecule has 1 aromatic rings. The van der Waals surface area contributed by atoms with E-state index < -0.39 is 0 Å². The van der Waals surface area contributed by atoms with E-state index in [4.69, 9.17) is 0 Å². The summed E-state index contributed by atoms with van der Waals surface area (Å²) in [7, 11) is 0. The molecule has 3 heterocycles. The molecule has 3 heteroatoms. The molecular weight excluding hydrogens is 198 g/mol. The lowest BCUT2D eigenvalue weighted by atomic mass is 9.88. The van der Waals surface area contributed by atoms with E-state index in [1.165, 1.54) is 37.4 Å². The average Bonchev–Trinajstić information content (AvgIpc) is 2.92. The minimum atomic E-state index is 0.656. The van der Waals surface area contributed by atoms with Crippen LogP contribution in [-0.2, 0) is 6.42 Å². The van der Waals surface area contributed by atoms with Gasteiger partial charge in [0.2, 0.25) is 0 Å². The summed E-state index contributed by atoms with van der Waals surface area (Å²) in [5.74, 6) is 1.50. The summed E-state index contributed by atoms with van der Waals surface area (Å²) in [5, 5.41) is 0. The first-order chi connectivity index (χ1) is 7.88. The largest absolute Gasteiger partial charge is 0.302 e. The molecule has 1 unspecified atom stereocenters. The van der Waals surface area contributed by atoms with Crippen molar-refractivity contribution in [1.82, 2.24) is 14.9 Å². The highest BCUT2D eigenvalue weighted by Crippen LogP contribution is 2.39. The summed E-state index contributed by atoms with van der Waals surface area (Å²) in [4.78, 5) is 11.7. The Morgan fingerprint density at radius 2 is 2.19 bits per heavy atom. The Hall–Kier alpha value is -0.960. The average molecular weight is 217 g/mol. The van der Waals surface area contributed by atoms with Gasteiger partial charge in [-0.25, -0.2) is 0 Å². The van der Waals surface area contributed by atoms with Crippen molar-refractivity contribution in [2.75, 3.05) is 19.6 Å². The molecule has 3 nitrogen and oxygen atoms in total. The van der Waals surface area contributed by atoms with Crippen molar-refractivity contribution in [2.24, 2.45) is 5.92 Å². The van der Waals surface area contributed by atoms with Gasteiger partial charge in [-0.3, -0.25) is 9.97 Å². The zero-order valence-corrected chi connectivity index (χ0v) is 9.89. The number of piperidine rings is 1. The second-order valence-corrected chi connectivity index (χ2v) is 5.05. The maximum Gasteiger partial charge on any atom is 0.0665 e. The van der Waals surface area contributed by atoms with Crippen molar-refractivity contribution in [3.05, 3.63) is 23.8 Å². The van der Waals surface area contributed by atoms with E-state index in [0.29, 0.717) is 5.92 Å². The summed E-state index contributed by atoms with van der Waals surface area (Å²) < 4.78 is 0.